The van der Waals surface area contributed by atoms with Gasteiger partial charge in [-0.15, -0.1) is 0 Å². The maximum Gasteiger partial charge on any atom is 0.362 e. The second-order valence-electron chi connectivity index (χ2n) is 16.3. The molecule has 0 saturated heterocycles. The Morgan fingerprint density at radius 2 is 1.00 bits per heavy atom. The van der Waals surface area contributed by atoms with Gasteiger partial charge in [0.15, 0.2) is 12.1 Å². The van der Waals surface area contributed by atoms with Gasteiger partial charge in [0.25, 0.3) is 0 Å². The molecule has 0 bridgehead atoms. The van der Waals surface area contributed by atoms with Gasteiger partial charge in [0, 0.05) is 19.3 Å². The van der Waals surface area contributed by atoms with Crippen molar-refractivity contribution in [1.29, 1.82) is 0 Å². The smallest absolute Gasteiger partial charge is 0.362 e. The largest absolute Gasteiger partial charge is 0.477 e. The van der Waals surface area contributed by atoms with E-state index < -0.39 is 18.1 Å². The first-order valence-corrected chi connectivity index (χ1v) is 22.7. The van der Waals surface area contributed by atoms with Crippen LogP contribution < -0.4 is 0 Å². The summed E-state index contributed by atoms with van der Waals surface area (Å²) >= 11 is 0. The highest BCUT2D eigenvalue weighted by molar-refractivity contribution is 5.72. The number of aliphatic carboxylic acids is 1. The Bertz CT molecular complexity index is 1060. The van der Waals surface area contributed by atoms with E-state index >= 15 is 0 Å². The van der Waals surface area contributed by atoms with Gasteiger partial charge in [0.05, 0.1) is 34.4 Å². The summed E-state index contributed by atoms with van der Waals surface area (Å²) in [6.45, 7) is 4.60. The molecule has 0 aliphatic heterocycles. The van der Waals surface area contributed by atoms with Gasteiger partial charge in [-0.2, -0.15) is 0 Å². The van der Waals surface area contributed by atoms with Gasteiger partial charge in [-0.05, 0) is 70.6 Å². The van der Waals surface area contributed by atoms with Crippen molar-refractivity contribution in [2.75, 3.05) is 41.0 Å². The van der Waals surface area contributed by atoms with Gasteiger partial charge in [-0.25, -0.2) is 4.79 Å². The molecular weight excluding hydrogens is 703 g/mol. The number of carbonyl (C=O) groups is 3. The molecule has 0 saturated carbocycles. The molecule has 0 aromatic rings. The number of likely N-dealkylation sites (N-methyl/N-ethyl adjacent to an activating group) is 1. The molecule has 2 atom stereocenters. The zero-order valence-corrected chi connectivity index (χ0v) is 36.8. The summed E-state index contributed by atoms with van der Waals surface area (Å²) < 4.78 is 17.3. The van der Waals surface area contributed by atoms with Crippen LogP contribution in [-0.4, -0.2) is 80.6 Å². The van der Waals surface area contributed by atoms with Crippen molar-refractivity contribution in [2.45, 2.75) is 199 Å². The lowest BCUT2D eigenvalue weighted by Crippen LogP contribution is -2.50. The third-order valence-corrected chi connectivity index (χ3v) is 9.96. The normalized spacial score (nSPS) is 13.4. The monoisotopic (exact) mass is 789 g/mol. The van der Waals surface area contributed by atoms with Crippen LogP contribution in [0, 0.1) is 0 Å². The highest BCUT2D eigenvalue weighted by Crippen LogP contribution is 2.14. The first-order chi connectivity index (χ1) is 27.1. The quantitative estimate of drug-likeness (QED) is 0.0286. The standard InChI is InChI=1S/C48H85NO7/c1-6-8-10-12-14-16-18-20-22-24-26-28-30-32-34-36-38-46(50)55-43-44(42-54-41-40-45(48(52)53)49(3,4)5)56-47(51)39-37-35-33-31-29-27-25-23-21-19-17-15-13-11-9-7-2/h8,10,14,16,20,22-23,25,44-45H,6-7,9,11-13,15,17-19,21,24,26-43H2,1-5H3/p+1/b10-8+,16-14+,22-20+,25-23+. The number of hydrogen-bond acceptors (Lipinski definition) is 6. The Hall–Kier alpha value is -2.71. The number of unbranched alkanes of at least 4 members (excludes halogenated alkanes) is 18. The first kappa shape index (κ1) is 53.3. The third-order valence-electron chi connectivity index (χ3n) is 9.96. The minimum Gasteiger partial charge on any atom is -0.477 e. The summed E-state index contributed by atoms with van der Waals surface area (Å²) in [6.07, 6.45) is 45.8. The number of carbonyl (C=O) groups excluding carboxylic acids is 2. The Balaban J connectivity index is 4.36. The lowest BCUT2D eigenvalue weighted by molar-refractivity contribution is -0.887. The van der Waals surface area contributed by atoms with Crippen molar-refractivity contribution in [3.63, 3.8) is 0 Å². The van der Waals surface area contributed by atoms with Crippen LogP contribution in [0.2, 0.25) is 0 Å². The van der Waals surface area contributed by atoms with Crippen LogP contribution in [0.1, 0.15) is 187 Å². The Morgan fingerprint density at radius 3 is 1.50 bits per heavy atom. The van der Waals surface area contributed by atoms with E-state index in [1.54, 1.807) is 0 Å². The second-order valence-corrected chi connectivity index (χ2v) is 16.3. The van der Waals surface area contributed by atoms with Gasteiger partial charge in [-0.1, -0.05) is 146 Å². The number of carboxylic acid groups (broad SMARTS) is 1. The summed E-state index contributed by atoms with van der Waals surface area (Å²) in [7, 11) is 5.52. The number of allylic oxidation sites excluding steroid dienone is 8. The van der Waals surface area contributed by atoms with Gasteiger partial charge >= 0.3 is 17.9 Å². The number of nitrogens with zero attached hydrogens (tertiary/aromatic N) is 1. The third kappa shape index (κ3) is 36.9. The van der Waals surface area contributed by atoms with Crippen LogP contribution in [0.25, 0.3) is 0 Å². The molecule has 0 fully saturated rings. The molecule has 56 heavy (non-hydrogen) atoms. The Kier molecular flexibility index (Phi) is 37.2. The van der Waals surface area contributed by atoms with Crippen molar-refractivity contribution in [1.82, 2.24) is 0 Å². The fraction of sp³-hybridized carbons (Fsp3) is 0.771. The SMILES string of the molecule is CC/C=C/C/C=C/C/C=C/CCCCCCCCC(=O)OCC(COCCC(C(=O)O)[N+](C)(C)C)OC(=O)CCCCCCC/C=C/CCCCCCCCC. The van der Waals surface area contributed by atoms with E-state index in [-0.39, 0.29) is 36.2 Å². The first-order valence-electron chi connectivity index (χ1n) is 22.7. The summed E-state index contributed by atoms with van der Waals surface area (Å²) in [5, 5.41) is 9.62. The summed E-state index contributed by atoms with van der Waals surface area (Å²) in [5.74, 6) is -1.49. The number of ether oxygens (including phenoxy) is 3. The maximum atomic E-state index is 12.7. The van der Waals surface area contributed by atoms with E-state index in [1.165, 1.54) is 70.6 Å². The van der Waals surface area contributed by atoms with Crippen LogP contribution >= 0.6 is 0 Å². The van der Waals surface area contributed by atoms with Crippen LogP contribution in [0.4, 0.5) is 0 Å². The van der Waals surface area contributed by atoms with Crippen LogP contribution in [-0.2, 0) is 28.6 Å². The minimum absolute atomic E-state index is 0.0531. The number of carboxylic acids is 1. The molecule has 324 valence electrons. The molecule has 0 aromatic heterocycles. The predicted octanol–water partition coefficient (Wildman–Crippen LogP) is 12.4. The number of esters is 2. The predicted molar refractivity (Wildman–Crippen MR) is 234 cm³/mol. The average Bonchev–Trinajstić information content (AvgIpc) is 3.15. The number of hydrogen-bond donors (Lipinski definition) is 1. The Morgan fingerprint density at radius 1 is 0.554 bits per heavy atom. The van der Waals surface area contributed by atoms with Crippen molar-refractivity contribution in [2.24, 2.45) is 0 Å². The Labute approximate surface area is 344 Å². The van der Waals surface area contributed by atoms with E-state index in [0.29, 0.717) is 19.3 Å². The molecular formula is C48H86NO7+. The van der Waals surface area contributed by atoms with E-state index in [0.717, 1.165) is 83.5 Å². The minimum atomic E-state index is -0.879. The molecule has 0 aromatic carbocycles. The lowest BCUT2D eigenvalue weighted by atomic mass is 10.1. The average molecular weight is 789 g/mol. The number of quaternary nitrogens is 1. The van der Waals surface area contributed by atoms with Crippen molar-refractivity contribution in [3.8, 4) is 0 Å². The molecule has 0 radical (unpaired) electrons. The molecule has 2 unspecified atom stereocenters. The zero-order chi connectivity index (χ0) is 41.4. The van der Waals surface area contributed by atoms with Crippen LogP contribution in [0.3, 0.4) is 0 Å². The summed E-state index contributed by atoms with van der Waals surface area (Å²) in [5.41, 5.74) is 0. The van der Waals surface area contributed by atoms with Gasteiger partial charge in [-0.3, -0.25) is 9.59 Å². The topological polar surface area (TPSA) is 99.1 Å². The molecule has 0 aliphatic carbocycles. The molecule has 0 heterocycles. The maximum absolute atomic E-state index is 12.7. The van der Waals surface area contributed by atoms with Gasteiger partial charge in [0.2, 0.25) is 0 Å². The molecule has 1 N–H and O–H groups in total. The lowest BCUT2D eigenvalue weighted by Gasteiger charge is -2.31. The molecule has 0 rings (SSSR count). The molecule has 0 spiro atoms. The molecule has 8 nitrogen and oxygen atoms in total. The van der Waals surface area contributed by atoms with Gasteiger partial charge < -0.3 is 23.8 Å². The fourth-order valence-corrected chi connectivity index (χ4v) is 6.45. The van der Waals surface area contributed by atoms with E-state index in [4.69, 9.17) is 14.2 Å². The summed E-state index contributed by atoms with van der Waals surface area (Å²) in [6, 6.07) is -0.618. The fourth-order valence-electron chi connectivity index (χ4n) is 6.45. The van der Waals surface area contributed by atoms with Gasteiger partial charge in [0.1, 0.15) is 6.61 Å². The van der Waals surface area contributed by atoms with E-state index in [2.05, 4.69) is 62.5 Å². The van der Waals surface area contributed by atoms with Crippen molar-refractivity contribution < 1.29 is 38.2 Å². The summed E-state index contributed by atoms with van der Waals surface area (Å²) in [4.78, 5) is 37.0. The number of rotatable bonds is 40. The van der Waals surface area contributed by atoms with Crippen molar-refractivity contribution >= 4 is 17.9 Å². The van der Waals surface area contributed by atoms with Crippen LogP contribution in [0.15, 0.2) is 48.6 Å². The zero-order valence-electron chi connectivity index (χ0n) is 36.8. The molecule has 8 heteroatoms. The van der Waals surface area contributed by atoms with E-state index in [1.807, 2.05) is 21.1 Å². The highest BCUT2D eigenvalue weighted by Gasteiger charge is 2.31. The second kappa shape index (κ2) is 39.1. The molecule has 0 aliphatic rings. The van der Waals surface area contributed by atoms with Crippen LogP contribution in [0.5, 0.6) is 0 Å². The highest BCUT2D eigenvalue weighted by atomic mass is 16.6. The van der Waals surface area contributed by atoms with E-state index in [9.17, 15) is 19.5 Å². The molecule has 0 amide bonds. The van der Waals surface area contributed by atoms with Crippen molar-refractivity contribution in [3.05, 3.63) is 48.6 Å².